The third kappa shape index (κ3) is 3.97. The van der Waals surface area contributed by atoms with E-state index in [1.165, 1.54) is 41.0 Å². The maximum absolute atomic E-state index is 12.8. The molecule has 2 N–H and O–H groups in total. The molecule has 0 fully saturated rings. The van der Waals surface area contributed by atoms with Crippen LogP contribution in [0.2, 0.25) is 0 Å². The topological polar surface area (TPSA) is 105 Å². The van der Waals surface area contributed by atoms with Gasteiger partial charge >= 0.3 is 0 Å². The number of nitrogens with zero attached hydrogens (tertiary/aromatic N) is 3. The summed E-state index contributed by atoms with van der Waals surface area (Å²) in [7, 11) is -3.74. The number of amides is 1. The summed E-state index contributed by atoms with van der Waals surface area (Å²) in [6, 6.07) is 9.89. The van der Waals surface area contributed by atoms with Crippen molar-refractivity contribution >= 4 is 65.7 Å². The molecule has 0 atom stereocenters. The van der Waals surface area contributed by atoms with Crippen molar-refractivity contribution in [3.8, 4) is 10.6 Å². The third-order valence-electron chi connectivity index (χ3n) is 4.29. The summed E-state index contributed by atoms with van der Waals surface area (Å²) in [6.07, 6.45) is 3.36. The Bertz CT molecular complexity index is 1450. The molecule has 0 radical (unpaired) electrons. The molecule has 0 aliphatic heterocycles. The van der Waals surface area contributed by atoms with E-state index in [2.05, 4.69) is 20.0 Å². The van der Waals surface area contributed by atoms with Crippen molar-refractivity contribution in [1.82, 2.24) is 14.4 Å². The van der Waals surface area contributed by atoms with Gasteiger partial charge in [0.1, 0.15) is 11.4 Å². The summed E-state index contributed by atoms with van der Waals surface area (Å²) in [4.78, 5) is 23.1. The van der Waals surface area contributed by atoms with Gasteiger partial charge in [-0.15, -0.1) is 34.0 Å². The monoisotopic (exact) mass is 487 g/mol. The molecule has 0 bridgehead atoms. The summed E-state index contributed by atoms with van der Waals surface area (Å²) < 4.78 is 29.0. The standard InChI is InChI=1S/C19H13N5O3S4/c25-17(15-11-30-19-22-14(10-24(15)19)16-2-1-8-28-16)21-12-3-5-13(6-4-12)31(26,27)23-18-20-7-9-29-18/h1-11H,(H,20,23)(H,21,25). The van der Waals surface area contributed by atoms with Crippen molar-refractivity contribution in [1.29, 1.82) is 0 Å². The average molecular weight is 488 g/mol. The fraction of sp³-hybridized carbons (Fsp3) is 0. The number of aromatic nitrogens is 3. The predicted octanol–water partition coefficient (Wildman–Crippen LogP) is 4.63. The van der Waals surface area contributed by atoms with Gasteiger partial charge in [0.15, 0.2) is 10.1 Å². The van der Waals surface area contributed by atoms with Crippen molar-refractivity contribution < 1.29 is 13.2 Å². The number of thiazole rings is 2. The molecule has 8 nitrogen and oxygen atoms in total. The van der Waals surface area contributed by atoms with Crippen LogP contribution in [0.5, 0.6) is 0 Å². The van der Waals surface area contributed by atoms with Gasteiger partial charge in [0.25, 0.3) is 15.9 Å². The van der Waals surface area contributed by atoms with Crippen molar-refractivity contribution in [3.05, 3.63) is 70.6 Å². The van der Waals surface area contributed by atoms with Gasteiger partial charge in [0.05, 0.1) is 9.77 Å². The third-order valence-corrected chi connectivity index (χ3v) is 8.20. The molecule has 156 valence electrons. The molecule has 31 heavy (non-hydrogen) atoms. The van der Waals surface area contributed by atoms with Gasteiger partial charge in [-0.3, -0.25) is 13.9 Å². The van der Waals surface area contributed by atoms with E-state index >= 15 is 0 Å². The Morgan fingerprint density at radius 1 is 1.03 bits per heavy atom. The van der Waals surface area contributed by atoms with E-state index in [4.69, 9.17) is 0 Å². The van der Waals surface area contributed by atoms with Gasteiger partial charge in [-0.25, -0.2) is 18.4 Å². The van der Waals surface area contributed by atoms with Crippen LogP contribution >= 0.6 is 34.0 Å². The molecule has 0 aliphatic carbocycles. The predicted molar refractivity (Wildman–Crippen MR) is 124 cm³/mol. The van der Waals surface area contributed by atoms with Crippen LogP contribution in [0.25, 0.3) is 15.5 Å². The highest BCUT2D eigenvalue weighted by molar-refractivity contribution is 7.93. The highest BCUT2D eigenvalue weighted by Gasteiger charge is 2.18. The molecule has 5 aromatic rings. The minimum Gasteiger partial charge on any atom is -0.321 e. The highest BCUT2D eigenvalue weighted by Crippen LogP contribution is 2.27. The maximum Gasteiger partial charge on any atom is 0.273 e. The van der Waals surface area contributed by atoms with Crippen LogP contribution < -0.4 is 10.0 Å². The number of nitrogens with one attached hydrogen (secondary N) is 2. The summed E-state index contributed by atoms with van der Waals surface area (Å²) in [5.41, 5.74) is 1.76. The fourth-order valence-corrected chi connectivity index (χ4v) is 6.17. The normalized spacial score (nSPS) is 11.6. The number of hydrogen-bond donors (Lipinski definition) is 2. The lowest BCUT2D eigenvalue weighted by molar-refractivity contribution is 0.102. The zero-order valence-corrected chi connectivity index (χ0v) is 18.8. The van der Waals surface area contributed by atoms with Gasteiger partial charge < -0.3 is 5.32 Å². The zero-order valence-electron chi connectivity index (χ0n) is 15.6. The molecular weight excluding hydrogens is 475 g/mol. The lowest BCUT2D eigenvalue weighted by Gasteiger charge is -2.07. The van der Waals surface area contributed by atoms with Crippen molar-refractivity contribution in [2.45, 2.75) is 4.90 Å². The number of carbonyl (C=O) groups excluding carboxylic acids is 1. The molecule has 0 spiro atoms. The lowest BCUT2D eigenvalue weighted by Crippen LogP contribution is -2.15. The Labute approximate surface area is 188 Å². The lowest BCUT2D eigenvalue weighted by atomic mass is 10.3. The first-order valence-electron chi connectivity index (χ1n) is 8.84. The van der Waals surface area contributed by atoms with Crippen LogP contribution in [0, 0.1) is 0 Å². The smallest absolute Gasteiger partial charge is 0.273 e. The second-order valence-electron chi connectivity index (χ2n) is 6.30. The van der Waals surface area contributed by atoms with Crippen molar-refractivity contribution in [3.63, 3.8) is 0 Å². The molecular formula is C19H13N5O3S4. The summed E-state index contributed by atoms with van der Waals surface area (Å²) in [5.74, 6) is -0.308. The average Bonchev–Trinajstić information content (AvgIpc) is 3.52. The molecule has 1 amide bonds. The molecule has 0 saturated heterocycles. The molecule has 4 heterocycles. The number of fused-ring (bicyclic) bond motifs is 1. The number of sulfonamides is 1. The number of anilines is 2. The summed E-state index contributed by atoms with van der Waals surface area (Å²) in [6.45, 7) is 0. The molecule has 0 saturated carbocycles. The van der Waals surface area contributed by atoms with Crippen molar-refractivity contribution in [2.75, 3.05) is 10.0 Å². The molecule has 5 rings (SSSR count). The number of benzene rings is 1. The molecule has 4 aromatic heterocycles. The van der Waals surface area contributed by atoms with E-state index in [1.54, 1.807) is 38.6 Å². The minimum atomic E-state index is -3.74. The second kappa shape index (κ2) is 7.89. The SMILES string of the molecule is O=C(Nc1ccc(S(=O)(=O)Nc2nccs2)cc1)c1csc2nc(-c3cccs3)cn12. The number of carbonyl (C=O) groups is 1. The van der Waals surface area contributed by atoms with Crippen LogP contribution in [0.4, 0.5) is 10.8 Å². The molecule has 0 aliphatic rings. The molecule has 1 aromatic carbocycles. The van der Waals surface area contributed by atoms with Gasteiger partial charge in [-0.05, 0) is 35.7 Å². The Hall–Kier alpha value is -3.06. The van der Waals surface area contributed by atoms with E-state index in [0.717, 1.165) is 15.5 Å². The number of thiophene rings is 1. The molecule has 12 heteroatoms. The quantitative estimate of drug-likeness (QED) is 0.363. The van der Waals surface area contributed by atoms with E-state index in [0.29, 0.717) is 16.5 Å². The number of rotatable bonds is 6. The number of imidazole rings is 1. The van der Waals surface area contributed by atoms with E-state index in [1.807, 2.05) is 23.7 Å². The van der Waals surface area contributed by atoms with Crippen molar-refractivity contribution in [2.24, 2.45) is 0 Å². The van der Waals surface area contributed by atoms with Gasteiger partial charge in [-0.2, -0.15) is 0 Å². The van der Waals surface area contributed by atoms with E-state index in [9.17, 15) is 13.2 Å². The first-order valence-corrected chi connectivity index (χ1v) is 13.0. The Kier molecular flexibility index (Phi) is 5.06. The molecule has 0 unspecified atom stereocenters. The van der Waals surface area contributed by atoms with Crippen LogP contribution in [0.1, 0.15) is 10.5 Å². The van der Waals surface area contributed by atoms with E-state index in [-0.39, 0.29) is 10.8 Å². The minimum absolute atomic E-state index is 0.0776. The first kappa shape index (κ1) is 19.9. The highest BCUT2D eigenvalue weighted by atomic mass is 32.2. The van der Waals surface area contributed by atoms with Gasteiger partial charge in [-0.1, -0.05) is 6.07 Å². The van der Waals surface area contributed by atoms with Crippen LogP contribution in [-0.4, -0.2) is 28.7 Å². The van der Waals surface area contributed by atoms with Crippen LogP contribution in [0.3, 0.4) is 0 Å². The Balaban J connectivity index is 1.34. The second-order valence-corrected chi connectivity index (χ2v) is 10.7. The Morgan fingerprint density at radius 2 is 1.87 bits per heavy atom. The zero-order chi connectivity index (χ0) is 21.4. The number of hydrogen-bond acceptors (Lipinski definition) is 8. The summed E-state index contributed by atoms with van der Waals surface area (Å²) >= 11 is 4.16. The summed E-state index contributed by atoms with van der Waals surface area (Å²) in [5, 5.41) is 8.50. The largest absolute Gasteiger partial charge is 0.321 e. The first-order chi connectivity index (χ1) is 15.0. The van der Waals surface area contributed by atoms with Gasteiger partial charge in [0, 0.05) is 28.8 Å². The van der Waals surface area contributed by atoms with Gasteiger partial charge in [0.2, 0.25) is 0 Å². The van der Waals surface area contributed by atoms with Crippen LogP contribution in [0.15, 0.2) is 69.8 Å². The Morgan fingerprint density at radius 3 is 2.58 bits per heavy atom. The van der Waals surface area contributed by atoms with E-state index < -0.39 is 10.0 Å². The maximum atomic E-state index is 12.8. The fourth-order valence-electron chi connectivity index (χ4n) is 2.85. The van der Waals surface area contributed by atoms with Crippen LogP contribution in [-0.2, 0) is 10.0 Å².